The molecular formula is C14H21N3. The summed E-state index contributed by atoms with van der Waals surface area (Å²) in [5, 5.41) is 3.54. The normalized spacial score (nSPS) is 12.9. The molecule has 0 aliphatic carbocycles. The molecule has 0 amide bonds. The van der Waals surface area contributed by atoms with Crippen LogP contribution in [0, 0.1) is 0 Å². The molecule has 1 heterocycles. The summed E-state index contributed by atoms with van der Waals surface area (Å²) >= 11 is 0. The topological polar surface area (TPSA) is 29.9 Å². The number of nitrogens with one attached hydrogen (secondary N) is 1. The number of nitrogens with zero attached hydrogens (tertiary/aromatic N) is 2. The van der Waals surface area contributed by atoms with Crippen molar-refractivity contribution in [1.82, 2.24) is 9.55 Å². The highest BCUT2D eigenvalue weighted by Gasteiger charge is 2.10. The SMILES string of the molecule is CCCC(CC)Nc1nc2ccccc2n1C. The van der Waals surface area contributed by atoms with Gasteiger partial charge in [-0.05, 0) is 25.0 Å². The minimum atomic E-state index is 0.524. The molecule has 92 valence electrons. The van der Waals surface area contributed by atoms with Crippen molar-refractivity contribution in [2.45, 2.75) is 39.2 Å². The van der Waals surface area contributed by atoms with Crippen molar-refractivity contribution < 1.29 is 0 Å². The molecule has 0 saturated heterocycles. The van der Waals surface area contributed by atoms with Crippen molar-refractivity contribution in [1.29, 1.82) is 0 Å². The van der Waals surface area contributed by atoms with E-state index in [4.69, 9.17) is 0 Å². The van der Waals surface area contributed by atoms with Crippen LogP contribution in [0.1, 0.15) is 33.1 Å². The molecule has 2 aromatic rings. The summed E-state index contributed by atoms with van der Waals surface area (Å²) in [6.07, 6.45) is 3.53. The molecule has 0 bridgehead atoms. The fourth-order valence-corrected chi connectivity index (χ4v) is 2.18. The van der Waals surface area contributed by atoms with E-state index < -0.39 is 0 Å². The molecule has 0 aliphatic rings. The van der Waals surface area contributed by atoms with Crippen LogP contribution in [0.4, 0.5) is 5.95 Å². The lowest BCUT2D eigenvalue weighted by Gasteiger charge is -2.16. The summed E-state index contributed by atoms with van der Waals surface area (Å²) in [5.74, 6) is 0.978. The van der Waals surface area contributed by atoms with Gasteiger partial charge in [0.2, 0.25) is 5.95 Å². The first-order valence-corrected chi connectivity index (χ1v) is 6.44. The number of aromatic nitrogens is 2. The van der Waals surface area contributed by atoms with Crippen LogP contribution in [-0.4, -0.2) is 15.6 Å². The van der Waals surface area contributed by atoms with Crippen LogP contribution in [0.15, 0.2) is 24.3 Å². The predicted octanol–water partition coefficient (Wildman–Crippen LogP) is 3.56. The van der Waals surface area contributed by atoms with E-state index in [1.807, 2.05) is 6.07 Å². The zero-order valence-electron chi connectivity index (χ0n) is 10.9. The Hall–Kier alpha value is -1.51. The van der Waals surface area contributed by atoms with Gasteiger partial charge in [-0.15, -0.1) is 0 Å². The standard InChI is InChI=1S/C14H21N3/c1-4-8-11(5-2)15-14-16-12-9-6-7-10-13(12)17(14)3/h6-7,9-11H,4-5,8H2,1-3H3,(H,15,16). The van der Waals surface area contributed by atoms with Gasteiger partial charge in [-0.1, -0.05) is 32.4 Å². The van der Waals surface area contributed by atoms with Gasteiger partial charge in [0.1, 0.15) is 0 Å². The van der Waals surface area contributed by atoms with Crippen LogP contribution in [-0.2, 0) is 7.05 Å². The number of para-hydroxylation sites is 2. The van der Waals surface area contributed by atoms with E-state index in [1.165, 1.54) is 18.4 Å². The van der Waals surface area contributed by atoms with Gasteiger partial charge < -0.3 is 9.88 Å². The van der Waals surface area contributed by atoms with Crippen LogP contribution in [0.25, 0.3) is 11.0 Å². The van der Waals surface area contributed by atoms with Crippen LogP contribution >= 0.6 is 0 Å². The summed E-state index contributed by atoms with van der Waals surface area (Å²) in [4.78, 5) is 4.63. The number of benzene rings is 1. The van der Waals surface area contributed by atoms with Crippen LogP contribution in [0.3, 0.4) is 0 Å². The van der Waals surface area contributed by atoms with Gasteiger partial charge in [0.05, 0.1) is 11.0 Å². The monoisotopic (exact) mass is 231 g/mol. The summed E-state index contributed by atoms with van der Waals surface area (Å²) in [6, 6.07) is 8.77. The van der Waals surface area contributed by atoms with Crippen molar-refractivity contribution >= 4 is 17.0 Å². The molecule has 17 heavy (non-hydrogen) atoms. The maximum atomic E-state index is 4.63. The van der Waals surface area contributed by atoms with E-state index in [-0.39, 0.29) is 0 Å². The highest BCUT2D eigenvalue weighted by molar-refractivity contribution is 5.78. The molecule has 0 saturated carbocycles. The van der Waals surface area contributed by atoms with Gasteiger partial charge in [0, 0.05) is 13.1 Å². The molecule has 0 radical (unpaired) electrons. The number of anilines is 1. The molecule has 0 spiro atoms. The lowest BCUT2D eigenvalue weighted by atomic mass is 10.1. The quantitative estimate of drug-likeness (QED) is 0.852. The van der Waals surface area contributed by atoms with E-state index in [2.05, 4.69) is 54.0 Å². The van der Waals surface area contributed by atoms with Gasteiger partial charge in [0.25, 0.3) is 0 Å². The molecule has 3 nitrogen and oxygen atoms in total. The van der Waals surface area contributed by atoms with Gasteiger partial charge in [-0.3, -0.25) is 0 Å². The van der Waals surface area contributed by atoms with Crippen molar-refractivity contribution in [3.8, 4) is 0 Å². The van der Waals surface area contributed by atoms with E-state index in [0.29, 0.717) is 6.04 Å². The Morgan fingerprint density at radius 1 is 1.29 bits per heavy atom. The Balaban J connectivity index is 2.26. The van der Waals surface area contributed by atoms with Crippen LogP contribution < -0.4 is 5.32 Å². The van der Waals surface area contributed by atoms with Crippen molar-refractivity contribution in [2.24, 2.45) is 7.05 Å². The molecule has 1 aromatic carbocycles. The summed E-state index contributed by atoms with van der Waals surface area (Å²) in [5.41, 5.74) is 2.24. The fraction of sp³-hybridized carbons (Fsp3) is 0.500. The average molecular weight is 231 g/mol. The first-order chi connectivity index (χ1) is 8.26. The van der Waals surface area contributed by atoms with Gasteiger partial charge in [-0.2, -0.15) is 0 Å². The van der Waals surface area contributed by atoms with Crippen LogP contribution in [0.5, 0.6) is 0 Å². The zero-order chi connectivity index (χ0) is 12.3. The van der Waals surface area contributed by atoms with Crippen molar-refractivity contribution in [3.63, 3.8) is 0 Å². The van der Waals surface area contributed by atoms with Gasteiger partial charge in [0.15, 0.2) is 0 Å². The van der Waals surface area contributed by atoms with E-state index in [9.17, 15) is 0 Å². The number of fused-ring (bicyclic) bond motifs is 1. The van der Waals surface area contributed by atoms with Crippen LogP contribution in [0.2, 0.25) is 0 Å². The highest BCUT2D eigenvalue weighted by atomic mass is 15.2. The molecule has 2 rings (SSSR count). The second kappa shape index (κ2) is 5.21. The highest BCUT2D eigenvalue weighted by Crippen LogP contribution is 2.19. The summed E-state index contributed by atoms with van der Waals surface area (Å²) in [6.45, 7) is 4.44. The Morgan fingerprint density at radius 2 is 2.06 bits per heavy atom. The second-order valence-electron chi connectivity index (χ2n) is 4.52. The first kappa shape index (κ1) is 12.0. The Morgan fingerprint density at radius 3 is 2.71 bits per heavy atom. The van der Waals surface area contributed by atoms with E-state index in [1.54, 1.807) is 0 Å². The van der Waals surface area contributed by atoms with Crippen molar-refractivity contribution in [2.75, 3.05) is 5.32 Å². The lowest BCUT2D eigenvalue weighted by molar-refractivity contribution is 0.614. The summed E-state index contributed by atoms with van der Waals surface area (Å²) in [7, 11) is 2.07. The third-order valence-electron chi connectivity index (χ3n) is 3.25. The first-order valence-electron chi connectivity index (χ1n) is 6.44. The molecular weight excluding hydrogens is 210 g/mol. The molecule has 1 aromatic heterocycles. The largest absolute Gasteiger partial charge is 0.353 e. The molecule has 1 N–H and O–H groups in total. The van der Waals surface area contributed by atoms with Gasteiger partial charge in [-0.25, -0.2) is 4.98 Å². The minimum Gasteiger partial charge on any atom is -0.353 e. The number of aryl methyl sites for hydroxylation is 1. The number of hydrogen-bond donors (Lipinski definition) is 1. The third-order valence-corrected chi connectivity index (χ3v) is 3.25. The van der Waals surface area contributed by atoms with Gasteiger partial charge >= 0.3 is 0 Å². The molecule has 3 heteroatoms. The third kappa shape index (κ3) is 2.43. The summed E-state index contributed by atoms with van der Waals surface area (Å²) < 4.78 is 2.13. The minimum absolute atomic E-state index is 0.524. The Kier molecular flexibility index (Phi) is 3.67. The van der Waals surface area contributed by atoms with E-state index in [0.717, 1.165) is 17.9 Å². The van der Waals surface area contributed by atoms with E-state index >= 15 is 0 Å². The predicted molar refractivity (Wildman–Crippen MR) is 73.3 cm³/mol. The van der Waals surface area contributed by atoms with Crippen molar-refractivity contribution in [3.05, 3.63) is 24.3 Å². The average Bonchev–Trinajstić information content (AvgIpc) is 2.66. The second-order valence-corrected chi connectivity index (χ2v) is 4.52. The smallest absolute Gasteiger partial charge is 0.203 e. The zero-order valence-corrected chi connectivity index (χ0v) is 10.9. The molecule has 0 aliphatic heterocycles. The maximum absolute atomic E-state index is 4.63. The molecule has 1 unspecified atom stereocenters. The number of rotatable bonds is 5. The maximum Gasteiger partial charge on any atom is 0.203 e. The Labute approximate surface area is 103 Å². The lowest BCUT2D eigenvalue weighted by Crippen LogP contribution is -2.20. The molecule has 1 atom stereocenters. The Bertz CT molecular complexity index is 487. The molecule has 0 fully saturated rings. The number of hydrogen-bond acceptors (Lipinski definition) is 2. The fourth-order valence-electron chi connectivity index (χ4n) is 2.18. The number of imidazole rings is 1.